The van der Waals surface area contributed by atoms with Crippen LogP contribution in [0.2, 0.25) is 5.02 Å². The van der Waals surface area contributed by atoms with Gasteiger partial charge < -0.3 is 44.9 Å². The molecule has 4 N–H and O–H groups in total. The summed E-state index contributed by atoms with van der Waals surface area (Å²) in [7, 11) is 0. The predicted molar refractivity (Wildman–Crippen MR) is 289 cm³/mol. The number of halogens is 1. The van der Waals surface area contributed by atoms with Crippen molar-refractivity contribution in [2.24, 2.45) is 16.2 Å². The lowest BCUT2D eigenvalue weighted by atomic mass is 9.49. The third-order valence-corrected chi connectivity index (χ3v) is 16.2. The Hall–Kier alpha value is -6.74. The Labute approximate surface area is 453 Å². The molecule has 76 heavy (non-hydrogen) atoms. The molecule has 402 valence electrons. The molecule has 4 amide bonds. The largest absolute Gasteiger partial charge is 0.490 e. The molecule has 3 heterocycles. The molecule has 1 aliphatic heterocycles. The molecular formula is C58H68ClN7O9S. The van der Waals surface area contributed by atoms with E-state index in [1.54, 1.807) is 53.8 Å². The summed E-state index contributed by atoms with van der Waals surface area (Å²) in [6.07, 6.45) is 3.37. The van der Waals surface area contributed by atoms with Gasteiger partial charge in [-0.3, -0.25) is 19.2 Å². The van der Waals surface area contributed by atoms with Crippen LogP contribution in [0, 0.1) is 34.5 Å². The average Bonchev–Trinajstić information content (AvgIpc) is 4.08. The van der Waals surface area contributed by atoms with E-state index in [0.29, 0.717) is 39.3 Å². The molecule has 5 aromatic rings. The van der Waals surface area contributed by atoms with Gasteiger partial charge in [-0.15, -0.1) is 11.3 Å². The van der Waals surface area contributed by atoms with Gasteiger partial charge in [0.25, 0.3) is 11.8 Å². The number of pyridine rings is 1. The number of rotatable bonds is 17. The van der Waals surface area contributed by atoms with E-state index in [2.05, 4.69) is 59.7 Å². The van der Waals surface area contributed by atoms with E-state index < -0.39 is 46.2 Å². The lowest BCUT2D eigenvalue weighted by Gasteiger charge is -2.63. The highest BCUT2D eigenvalue weighted by Gasteiger charge is 2.64. The first-order valence-corrected chi connectivity index (χ1v) is 27.1. The number of aryl methyl sites for hydroxylation is 1. The van der Waals surface area contributed by atoms with Crippen molar-refractivity contribution in [2.75, 3.05) is 13.2 Å². The minimum absolute atomic E-state index is 0.0204. The maximum atomic E-state index is 14.2. The highest BCUT2D eigenvalue weighted by molar-refractivity contribution is 7.13. The minimum atomic E-state index is -1.02. The number of hydrogen-bond donors (Lipinski definition) is 4. The van der Waals surface area contributed by atoms with Gasteiger partial charge in [0.2, 0.25) is 17.7 Å². The lowest BCUT2D eigenvalue weighted by Crippen LogP contribution is -2.74. The highest BCUT2D eigenvalue weighted by atomic mass is 35.5. The zero-order chi connectivity index (χ0) is 54.7. The molecule has 0 bridgehead atoms. The second-order valence-electron chi connectivity index (χ2n) is 22.5. The van der Waals surface area contributed by atoms with Crippen LogP contribution in [-0.2, 0) is 14.4 Å². The van der Waals surface area contributed by atoms with Gasteiger partial charge in [0.05, 0.1) is 51.1 Å². The normalized spacial score (nSPS) is 22.4. The second-order valence-corrected chi connectivity index (χ2v) is 23.7. The monoisotopic (exact) mass is 1070 g/mol. The van der Waals surface area contributed by atoms with E-state index in [1.807, 2.05) is 76.5 Å². The number of aromatic nitrogens is 2. The number of amides is 4. The summed E-state index contributed by atoms with van der Waals surface area (Å²) in [4.78, 5) is 65.9. The van der Waals surface area contributed by atoms with Gasteiger partial charge in [-0.2, -0.15) is 5.26 Å². The van der Waals surface area contributed by atoms with Crippen molar-refractivity contribution >= 4 is 46.6 Å². The van der Waals surface area contributed by atoms with Crippen LogP contribution < -0.4 is 34.9 Å². The van der Waals surface area contributed by atoms with E-state index in [-0.39, 0.29) is 61.8 Å². The maximum absolute atomic E-state index is 14.2. The van der Waals surface area contributed by atoms with E-state index >= 15 is 0 Å². The molecule has 3 aliphatic rings. The van der Waals surface area contributed by atoms with E-state index in [9.17, 15) is 29.5 Å². The smallest absolute Gasteiger partial charge is 0.258 e. The van der Waals surface area contributed by atoms with Gasteiger partial charge in [0.1, 0.15) is 47.6 Å². The summed E-state index contributed by atoms with van der Waals surface area (Å²) >= 11 is 7.83. The molecule has 2 aliphatic carbocycles. The summed E-state index contributed by atoms with van der Waals surface area (Å²) < 4.78 is 24.7. The number of nitrogens with zero attached hydrogens (tertiary/aromatic N) is 4. The zero-order valence-electron chi connectivity index (χ0n) is 44.5. The first-order valence-electron chi connectivity index (χ1n) is 25.8. The molecule has 1 saturated heterocycles. The van der Waals surface area contributed by atoms with Gasteiger partial charge in [-0.25, -0.2) is 9.97 Å². The van der Waals surface area contributed by atoms with Gasteiger partial charge in [0, 0.05) is 47.5 Å². The van der Waals surface area contributed by atoms with Gasteiger partial charge in [-0.1, -0.05) is 84.3 Å². The fourth-order valence-corrected chi connectivity index (χ4v) is 12.0. The molecule has 2 saturated carbocycles. The summed E-state index contributed by atoms with van der Waals surface area (Å²) in [5.41, 5.74) is 4.07. The Kier molecular flexibility index (Phi) is 16.7. The van der Waals surface area contributed by atoms with Crippen molar-refractivity contribution < 1.29 is 43.2 Å². The molecule has 3 aromatic carbocycles. The number of β-amino-alcohol motifs (C(OH)–C–C–N with tert-alkyl or cyclic N) is 1. The van der Waals surface area contributed by atoms with Crippen LogP contribution in [0.3, 0.4) is 0 Å². The van der Waals surface area contributed by atoms with Crippen LogP contribution in [0.15, 0.2) is 90.6 Å². The lowest BCUT2D eigenvalue weighted by molar-refractivity contribution is -0.164. The van der Waals surface area contributed by atoms with Gasteiger partial charge in [-0.05, 0) is 98.5 Å². The Balaban J connectivity index is 0.758. The third-order valence-electron chi connectivity index (χ3n) is 14.9. The number of aliphatic hydroxyl groups is 1. The average molecular weight is 1070 g/mol. The predicted octanol–water partition coefficient (Wildman–Crippen LogP) is 9.17. The van der Waals surface area contributed by atoms with Crippen LogP contribution in [0.25, 0.3) is 10.4 Å². The van der Waals surface area contributed by atoms with Gasteiger partial charge in [0.15, 0.2) is 6.61 Å². The first kappa shape index (κ1) is 55.5. The Bertz CT molecular complexity index is 2910. The molecule has 18 heteroatoms. The number of likely N-dealkylation sites (tertiary alicyclic amines) is 1. The van der Waals surface area contributed by atoms with Gasteiger partial charge >= 0.3 is 0 Å². The summed E-state index contributed by atoms with van der Waals surface area (Å²) in [5.74, 6) is 0.435. The molecule has 8 rings (SSSR count). The van der Waals surface area contributed by atoms with E-state index in [1.165, 1.54) is 11.1 Å². The maximum Gasteiger partial charge on any atom is 0.258 e. The summed E-state index contributed by atoms with van der Waals surface area (Å²) in [6.45, 7) is 17.1. The number of carbonyl (C=O) groups excluding carboxylic acids is 4. The van der Waals surface area contributed by atoms with Crippen LogP contribution in [0.1, 0.15) is 121 Å². The van der Waals surface area contributed by atoms with Crippen molar-refractivity contribution in [2.45, 2.75) is 143 Å². The van der Waals surface area contributed by atoms with Crippen LogP contribution in [0.5, 0.6) is 23.1 Å². The minimum Gasteiger partial charge on any atom is -0.490 e. The number of benzene rings is 3. The SMILES string of the molecule is Cc1ncsc1-c1ccc([C@H](C)NC(=O)[C@@H]2C[C@@H](O)CN2C(=O)C(NC(=O)COc2ccc(OC3CCC(Oc4ccc(C(=O)NC5C(C)(C)C(Oc6ccc(C#N)c(Cl)c6)C5(C)C)cc4)CC3)nc2)C(C)(C)C)cc1. The number of nitriles is 1. The number of nitrogens with one attached hydrogen (secondary N) is 3. The Morgan fingerprint density at radius 1 is 0.868 bits per heavy atom. The molecule has 0 spiro atoms. The molecule has 1 unspecified atom stereocenters. The standard InChI is InChI=1S/C58H68ClN7O9S/c1-33(35-10-12-36(13-11-35)49-34(2)62-32-76-49)63-52(70)46-26-39(67)30-66(46)53(71)50(56(3,4)5)64-47(68)31-72-44-24-25-48(61-29-44)74-42-22-20-41(21-23-42)73-40-17-14-37(15-18-40)51(69)65-54-57(6,7)55(58(54,8)9)75-43-19-16-38(28-60)45(59)27-43/h10-19,24-25,27,29,32-33,39,41-42,46,50,54-55,67H,20-23,26,30-31H2,1-9H3,(H,63,70)(H,64,68)(H,65,69)/t33-,39+,41?,42?,46-,50?,54?,55?/m0/s1. The number of aliphatic hydroxyl groups excluding tert-OH is 1. The number of carbonyl (C=O) groups is 4. The molecule has 0 radical (unpaired) electrons. The highest BCUT2D eigenvalue weighted by Crippen LogP contribution is 2.55. The zero-order valence-corrected chi connectivity index (χ0v) is 46.1. The van der Waals surface area contributed by atoms with Crippen molar-refractivity contribution in [3.05, 3.63) is 118 Å². The van der Waals surface area contributed by atoms with Crippen LogP contribution >= 0.6 is 22.9 Å². The Morgan fingerprint density at radius 3 is 2.11 bits per heavy atom. The number of hydrogen-bond acceptors (Lipinski definition) is 13. The quantitative estimate of drug-likeness (QED) is 0.0686. The molecular weight excluding hydrogens is 1010 g/mol. The first-order chi connectivity index (χ1) is 36.0. The number of ether oxygens (including phenoxy) is 4. The van der Waals surface area contributed by atoms with E-state index in [4.69, 9.17) is 30.5 Å². The topological polar surface area (TPSA) is 214 Å². The van der Waals surface area contributed by atoms with Crippen LogP contribution in [-0.4, -0.2) is 99.3 Å². The van der Waals surface area contributed by atoms with E-state index in [0.717, 1.165) is 47.4 Å². The van der Waals surface area contributed by atoms with Crippen molar-refractivity contribution in [1.29, 1.82) is 5.26 Å². The molecule has 3 fully saturated rings. The Morgan fingerprint density at radius 2 is 1.51 bits per heavy atom. The summed E-state index contributed by atoms with van der Waals surface area (Å²) in [5, 5.41) is 29.3. The molecule has 4 atom stereocenters. The second kappa shape index (κ2) is 22.8. The van der Waals surface area contributed by atoms with Crippen molar-refractivity contribution in [3.63, 3.8) is 0 Å². The molecule has 16 nitrogen and oxygen atoms in total. The van der Waals surface area contributed by atoms with Crippen molar-refractivity contribution in [1.82, 2.24) is 30.8 Å². The summed E-state index contributed by atoms with van der Waals surface area (Å²) in [6, 6.07) is 23.1. The third kappa shape index (κ3) is 12.6. The van der Waals surface area contributed by atoms with Crippen molar-refractivity contribution in [3.8, 4) is 39.6 Å². The fraction of sp³-hybridized carbons (Fsp3) is 0.466. The van der Waals surface area contributed by atoms with Crippen LogP contribution in [0.4, 0.5) is 0 Å². The fourth-order valence-electron chi connectivity index (χ4n) is 11.0. The number of thiazole rings is 1. The molecule has 2 aromatic heterocycles.